The maximum atomic E-state index is 12.0. The number of carbonyl (C=O) groups is 1. The highest BCUT2D eigenvalue weighted by Crippen LogP contribution is 2.03. The molecule has 0 unspecified atom stereocenters. The fourth-order valence-electron chi connectivity index (χ4n) is 2.32. The van der Waals surface area contributed by atoms with Gasteiger partial charge in [-0.25, -0.2) is 0 Å². The quantitative estimate of drug-likeness (QED) is 0.253. The lowest BCUT2D eigenvalue weighted by atomic mass is 10.1. The lowest BCUT2D eigenvalue weighted by Gasteiger charge is -2.12. The van der Waals surface area contributed by atoms with Gasteiger partial charge in [0.15, 0.2) is 5.96 Å². The van der Waals surface area contributed by atoms with Crippen LogP contribution in [0.25, 0.3) is 0 Å². The molecule has 0 aliphatic carbocycles. The number of nitrogens with one attached hydrogen (secondary N) is 3. The average molecular weight is 467 g/mol. The van der Waals surface area contributed by atoms with E-state index in [4.69, 9.17) is 0 Å². The molecule has 0 aliphatic heterocycles. The summed E-state index contributed by atoms with van der Waals surface area (Å²) in [5, 5.41) is 9.30. The summed E-state index contributed by atoms with van der Waals surface area (Å²) < 4.78 is 0. The smallest absolute Gasteiger partial charge is 0.251 e. The minimum absolute atomic E-state index is 0. The highest BCUT2D eigenvalue weighted by molar-refractivity contribution is 14.0. The molecule has 0 bridgehead atoms. The highest BCUT2D eigenvalue weighted by atomic mass is 127. The number of aromatic nitrogens is 1. The van der Waals surface area contributed by atoms with Gasteiger partial charge in [-0.15, -0.1) is 24.0 Å². The van der Waals surface area contributed by atoms with Gasteiger partial charge < -0.3 is 16.0 Å². The van der Waals surface area contributed by atoms with E-state index in [2.05, 4.69) is 25.9 Å². The Labute approximate surface area is 171 Å². The maximum Gasteiger partial charge on any atom is 0.251 e. The van der Waals surface area contributed by atoms with Crippen LogP contribution >= 0.6 is 24.0 Å². The van der Waals surface area contributed by atoms with Crippen molar-refractivity contribution in [2.24, 2.45) is 4.99 Å². The molecule has 0 fully saturated rings. The largest absolute Gasteiger partial charge is 0.356 e. The second kappa shape index (κ2) is 12.2. The molecule has 0 atom stereocenters. The van der Waals surface area contributed by atoms with E-state index in [1.54, 1.807) is 13.2 Å². The topological polar surface area (TPSA) is 78.4 Å². The van der Waals surface area contributed by atoms with Crippen LogP contribution in [0.1, 0.15) is 21.6 Å². The second-order valence-corrected chi connectivity index (χ2v) is 5.62. The Kier molecular flexibility index (Phi) is 10.3. The number of aliphatic imine (C=N–C) groups is 1. The lowest BCUT2D eigenvalue weighted by molar-refractivity contribution is 0.0954. The van der Waals surface area contributed by atoms with E-state index in [0.29, 0.717) is 24.6 Å². The van der Waals surface area contributed by atoms with Gasteiger partial charge in [0, 0.05) is 50.6 Å². The van der Waals surface area contributed by atoms with Gasteiger partial charge in [0.2, 0.25) is 0 Å². The van der Waals surface area contributed by atoms with Crippen LogP contribution in [0.5, 0.6) is 0 Å². The molecule has 2 rings (SSSR count). The molecule has 7 heteroatoms. The monoisotopic (exact) mass is 467 g/mol. The van der Waals surface area contributed by atoms with Crippen molar-refractivity contribution in [1.29, 1.82) is 0 Å². The van der Waals surface area contributed by atoms with Gasteiger partial charge in [-0.3, -0.25) is 14.8 Å². The number of amides is 1. The Hall–Kier alpha value is -2.16. The van der Waals surface area contributed by atoms with Crippen molar-refractivity contribution in [2.75, 3.05) is 26.7 Å². The summed E-state index contributed by atoms with van der Waals surface area (Å²) in [6.07, 6.45) is 2.62. The molecule has 1 aromatic carbocycles. The van der Waals surface area contributed by atoms with Gasteiger partial charge in [-0.2, -0.15) is 0 Å². The van der Waals surface area contributed by atoms with Crippen LogP contribution in [0.4, 0.5) is 0 Å². The zero-order chi connectivity index (χ0) is 17.9. The zero-order valence-electron chi connectivity index (χ0n) is 15.2. The highest BCUT2D eigenvalue weighted by Gasteiger charge is 2.04. The van der Waals surface area contributed by atoms with Gasteiger partial charge in [0.1, 0.15) is 0 Å². The minimum Gasteiger partial charge on any atom is -0.356 e. The average Bonchev–Trinajstić information content (AvgIpc) is 2.64. The molecule has 0 saturated heterocycles. The molecule has 0 aliphatic rings. The Bertz CT molecular complexity index is 706. The van der Waals surface area contributed by atoms with E-state index in [-0.39, 0.29) is 29.9 Å². The van der Waals surface area contributed by atoms with Crippen molar-refractivity contribution >= 4 is 35.8 Å². The van der Waals surface area contributed by atoms with Crippen LogP contribution in [0.15, 0.2) is 53.7 Å². The molecule has 1 heterocycles. The number of rotatable bonds is 7. The van der Waals surface area contributed by atoms with E-state index < -0.39 is 0 Å². The van der Waals surface area contributed by atoms with E-state index in [0.717, 1.165) is 24.2 Å². The fourth-order valence-corrected chi connectivity index (χ4v) is 2.32. The third kappa shape index (κ3) is 7.81. The number of carbonyl (C=O) groups excluding carboxylic acids is 1. The number of hydrogen-bond acceptors (Lipinski definition) is 3. The third-order valence-corrected chi connectivity index (χ3v) is 3.61. The molecule has 26 heavy (non-hydrogen) atoms. The van der Waals surface area contributed by atoms with E-state index >= 15 is 0 Å². The molecule has 1 amide bonds. The summed E-state index contributed by atoms with van der Waals surface area (Å²) in [6.45, 7) is 3.83. The SMILES string of the molecule is CN=C(NCCNC(=O)c1cccc(C)c1)NCCc1ccccn1.I. The summed E-state index contributed by atoms with van der Waals surface area (Å²) >= 11 is 0. The second-order valence-electron chi connectivity index (χ2n) is 5.62. The first-order chi connectivity index (χ1) is 12.2. The maximum absolute atomic E-state index is 12.0. The van der Waals surface area contributed by atoms with Crippen LogP contribution in [-0.2, 0) is 6.42 Å². The lowest BCUT2D eigenvalue weighted by Crippen LogP contribution is -2.42. The normalized spacial score (nSPS) is 10.6. The van der Waals surface area contributed by atoms with Crippen LogP contribution in [0.3, 0.4) is 0 Å². The van der Waals surface area contributed by atoms with E-state index in [1.807, 2.05) is 49.4 Å². The molecule has 1 aromatic heterocycles. The number of benzene rings is 1. The molecular weight excluding hydrogens is 441 g/mol. The first-order valence-corrected chi connectivity index (χ1v) is 8.38. The Morgan fingerprint density at radius 1 is 1.04 bits per heavy atom. The molecular formula is C19H26IN5O. The van der Waals surface area contributed by atoms with Gasteiger partial charge in [0.25, 0.3) is 5.91 Å². The third-order valence-electron chi connectivity index (χ3n) is 3.61. The minimum atomic E-state index is -0.0661. The molecule has 6 nitrogen and oxygen atoms in total. The van der Waals surface area contributed by atoms with Crippen LogP contribution in [-0.4, -0.2) is 43.5 Å². The predicted molar refractivity (Wildman–Crippen MR) is 116 cm³/mol. The van der Waals surface area contributed by atoms with Crippen molar-refractivity contribution in [3.63, 3.8) is 0 Å². The number of guanidine groups is 1. The van der Waals surface area contributed by atoms with Crippen molar-refractivity contribution < 1.29 is 4.79 Å². The standard InChI is InChI=1S/C19H25N5O.HI/c1-15-6-5-7-16(14-15)18(25)22-12-13-24-19(20-2)23-11-9-17-8-3-4-10-21-17;/h3-8,10,14H,9,11-13H2,1-2H3,(H,22,25)(H2,20,23,24);1H. The van der Waals surface area contributed by atoms with Gasteiger partial charge in [-0.05, 0) is 31.2 Å². The molecule has 0 radical (unpaired) electrons. The van der Waals surface area contributed by atoms with Gasteiger partial charge in [0.05, 0.1) is 0 Å². The molecule has 0 spiro atoms. The Morgan fingerprint density at radius 2 is 1.81 bits per heavy atom. The summed E-state index contributed by atoms with van der Waals surface area (Å²) in [6, 6.07) is 13.4. The zero-order valence-corrected chi connectivity index (χ0v) is 17.5. The van der Waals surface area contributed by atoms with Crippen LogP contribution in [0.2, 0.25) is 0 Å². The van der Waals surface area contributed by atoms with E-state index in [9.17, 15) is 4.79 Å². The van der Waals surface area contributed by atoms with Gasteiger partial charge in [-0.1, -0.05) is 23.8 Å². The predicted octanol–water partition coefficient (Wildman–Crippen LogP) is 2.15. The fraction of sp³-hybridized carbons (Fsp3) is 0.316. The van der Waals surface area contributed by atoms with Crippen molar-refractivity contribution in [3.05, 3.63) is 65.5 Å². The van der Waals surface area contributed by atoms with Crippen LogP contribution < -0.4 is 16.0 Å². The van der Waals surface area contributed by atoms with Gasteiger partial charge >= 0.3 is 0 Å². The summed E-state index contributed by atoms with van der Waals surface area (Å²) in [5.41, 5.74) is 2.79. The Balaban J connectivity index is 0.00000338. The summed E-state index contributed by atoms with van der Waals surface area (Å²) in [7, 11) is 1.72. The van der Waals surface area contributed by atoms with E-state index in [1.165, 1.54) is 0 Å². The molecule has 0 saturated carbocycles. The number of pyridine rings is 1. The summed E-state index contributed by atoms with van der Waals surface area (Å²) in [4.78, 5) is 20.5. The number of hydrogen-bond donors (Lipinski definition) is 3. The molecule has 2 aromatic rings. The molecule has 3 N–H and O–H groups in total. The number of halogens is 1. The first kappa shape index (κ1) is 21.9. The number of aryl methyl sites for hydroxylation is 1. The summed E-state index contributed by atoms with van der Waals surface area (Å²) in [5.74, 6) is 0.643. The first-order valence-electron chi connectivity index (χ1n) is 8.38. The van der Waals surface area contributed by atoms with Crippen molar-refractivity contribution in [3.8, 4) is 0 Å². The van der Waals surface area contributed by atoms with Crippen molar-refractivity contribution in [2.45, 2.75) is 13.3 Å². The Morgan fingerprint density at radius 3 is 2.50 bits per heavy atom. The number of nitrogens with zero attached hydrogens (tertiary/aromatic N) is 2. The van der Waals surface area contributed by atoms with Crippen LogP contribution in [0, 0.1) is 6.92 Å². The molecule has 140 valence electrons. The van der Waals surface area contributed by atoms with Crippen molar-refractivity contribution in [1.82, 2.24) is 20.9 Å².